The lowest BCUT2D eigenvalue weighted by atomic mass is 9.90. The summed E-state index contributed by atoms with van der Waals surface area (Å²) in [5.74, 6) is 2.82. The third-order valence-corrected chi connectivity index (χ3v) is 6.95. The molecule has 3 aromatic carbocycles. The van der Waals surface area contributed by atoms with E-state index in [9.17, 15) is 4.79 Å². The average molecular weight is 472 g/mol. The van der Waals surface area contributed by atoms with Gasteiger partial charge in [0.1, 0.15) is 11.5 Å². The maximum absolute atomic E-state index is 13.7. The van der Waals surface area contributed by atoms with Gasteiger partial charge in [-0.1, -0.05) is 24.3 Å². The van der Waals surface area contributed by atoms with E-state index in [0.29, 0.717) is 29.4 Å². The lowest BCUT2D eigenvalue weighted by Crippen LogP contribution is -2.40. The Labute approximate surface area is 203 Å². The van der Waals surface area contributed by atoms with Gasteiger partial charge in [0.25, 0.3) is 5.91 Å². The molecule has 0 aliphatic carbocycles. The molecule has 1 amide bonds. The Bertz CT molecular complexity index is 1270. The molecule has 0 unspecified atom stereocenters. The number of fused-ring (bicyclic) bond motifs is 1. The van der Waals surface area contributed by atoms with E-state index in [1.807, 2.05) is 83.1 Å². The highest BCUT2D eigenvalue weighted by Gasteiger charge is 2.34. The standard InChI is InChI=1S/C28H25NO4S/c1-31-24-17-20-14-15-29(27(26-9-6-16-34-26)23(20)18-25(24)32-2)28(30)19-10-12-22(13-11-19)33-21-7-4-3-5-8-21/h3-13,16-18,27H,14-15H2,1-2H3/t27-/m1/s1. The minimum absolute atomic E-state index is 0.00917. The number of ether oxygens (including phenoxy) is 3. The summed E-state index contributed by atoms with van der Waals surface area (Å²) in [7, 11) is 3.28. The third-order valence-electron chi connectivity index (χ3n) is 6.03. The highest BCUT2D eigenvalue weighted by molar-refractivity contribution is 7.10. The van der Waals surface area contributed by atoms with Crippen molar-refractivity contribution in [3.63, 3.8) is 0 Å². The molecule has 0 N–H and O–H groups in total. The molecule has 1 aliphatic heterocycles. The Kier molecular flexibility index (Phi) is 6.23. The van der Waals surface area contributed by atoms with Gasteiger partial charge in [-0.3, -0.25) is 4.79 Å². The molecule has 0 fully saturated rings. The maximum Gasteiger partial charge on any atom is 0.254 e. The molecule has 1 aliphatic rings. The van der Waals surface area contributed by atoms with Crippen molar-refractivity contribution in [3.8, 4) is 23.0 Å². The van der Waals surface area contributed by atoms with Gasteiger partial charge >= 0.3 is 0 Å². The van der Waals surface area contributed by atoms with Gasteiger partial charge in [-0.15, -0.1) is 11.3 Å². The largest absolute Gasteiger partial charge is 0.493 e. The van der Waals surface area contributed by atoms with Crippen molar-refractivity contribution < 1.29 is 19.0 Å². The van der Waals surface area contributed by atoms with Gasteiger partial charge < -0.3 is 19.1 Å². The van der Waals surface area contributed by atoms with Crippen LogP contribution in [0.1, 0.15) is 32.4 Å². The first-order chi connectivity index (χ1) is 16.7. The summed E-state index contributed by atoms with van der Waals surface area (Å²) in [5, 5.41) is 2.04. The van der Waals surface area contributed by atoms with Gasteiger partial charge in [0.2, 0.25) is 0 Å². The Morgan fingerprint density at radius 3 is 2.26 bits per heavy atom. The maximum atomic E-state index is 13.7. The molecule has 1 aromatic heterocycles. The quantitative estimate of drug-likeness (QED) is 0.329. The SMILES string of the molecule is COc1cc2c(cc1OC)[C@H](c1cccs1)N(C(=O)c1ccc(Oc3ccccc3)cc1)CC2. The second kappa shape index (κ2) is 9.61. The number of hydrogen-bond acceptors (Lipinski definition) is 5. The Morgan fingerprint density at radius 2 is 1.59 bits per heavy atom. The molecule has 34 heavy (non-hydrogen) atoms. The molecule has 0 saturated carbocycles. The zero-order valence-corrected chi connectivity index (χ0v) is 19.9. The predicted octanol–water partition coefficient (Wildman–Crippen LogP) is 6.35. The van der Waals surface area contributed by atoms with Gasteiger partial charge in [-0.05, 0) is 77.5 Å². The molecule has 172 valence electrons. The molecule has 4 aromatic rings. The number of nitrogens with zero attached hydrogens (tertiary/aromatic N) is 1. The van der Waals surface area contributed by atoms with Crippen molar-refractivity contribution in [1.82, 2.24) is 4.90 Å². The van der Waals surface area contributed by atoms with E-state index in [1.54, 1.807) is 25.6 Å². The first kappa shape index (κ1) is 22.0. The predicted molar refractivity (Wildman–Crippen MR) is 133 cm³/mol. The normalized spacial score (nSPS) is 14.9. The van der Waals surface area contributed by atoms with Crippen molar-refractivity contribution in [2.24, 2.45) is 0 Å². The molecule has 0 bridgehead atoms. The van der Waals surface area contributed by atoms with E-state index in [4.69, 9.17) is 14.2 Å². The monoisotopic (exact) mass is 471 g/mol. The molecule has 5 rings (SSSR count). The fourth-order valence-corrected chi connectivity index (χ4v) is 5.23. The second-order valence-corrected chi connectivity index (χ2v) is 8.99. The van der Waals surface area contributed by atoms with Crippen molar-refractivity contribution in [1.29, 1.82) is 0 Å². The van der Waals surface area contributed by atoms with Crippen LogP contribution in [0.15, 0.2) is 84.2 Å². The fourth-order valence-electron chi connectivity index (χ4n) is 4.37. The van der Waals surface area contributed by atoms with Crippen LogP contribution in [0.2, 0.25) is 0 Å². The average Bonchev–Trinajstić information content (AvgIpc) is 3.42. The number of benzene rings is 3. The van der Waals surface area contributed by atoms with Crippen LogP contribution >= 0.6 is 11.3 Å². The number of rotatable bonds is 6. The number of thiophene rings is 1. The molecular weight excluding hydrogens is 446 g/mol. The molecular formula is C28H25NO4S. The van der Waals surface area contributed by atoms with E-state index in [-0.39, 0.29) is 11.9 Å². The van der Waals surface area contributed by atoms with Crippen molar-refractivity contribution >= 4 is 17.2 Å². The number of methoxy groups -OCH3 is 2. The molecule has 0 saturated heterocycles. The second-order valence-electron chi connectivity index (χ2n) is 8.01. The van der Waals surface area contributed by atoms with Crippen LogP contribution < -0.4 is 14.2 Å². The molecule has 1 atom stereocenters. The molecule has 0 spiro atoms. The van der Waals surface area contributed by atoms with Crippen molar-refractivity contribution in [3.05, 3.63) is 106 Å². The van der Waals surface area contributed by atoms with Gasteiger partial charge in [0.15, 0.2) is 11.5 Å². The van der Waals surface area contributed by atoms with E-state index in [1.165, 1.54) is 5.56 Å². The number of carbonyl (C=O) groups is 1. The number of carbonyl (C=O) groups excluding carboxylic acids is 1. The van der Waals surface area contributed by atoms with Gasteiger partial charge in [-0.2, -0.15) is 0 Å². The van der Waals surface area contributed by atoms with E-state index in [2.05, 4.69) is 6.07 Å². The minimum atomic E-state index is -0.184. The van der Waals surface area contributed by atoms with Crippen LogP contribution in [0.4, 0.5) is 0 Å². The van der Waals surface area contributed by atoms with Crippen molar-refractivity contribution in [2.45, 2.75) is 12.5 Å². The van der Waals surface area contributed by atoms with Gasteiger partial charge in [0, 0.05) is 17.0 Å². The van der Waals surface area contributed by atoms with Crippen LogP contribution in [0.25, 0.3) is 0 Å². The van der Waals surface area contributed by atoms with Gasteiger partial charge in [0.05, 0.1) is 20.3 Å². The molecule has 2 heterocycles. The molecule has 5 nitrogen and oxygen atoms in total. The Balaban J connectivity index is 1.46. The smallest absolute Gasteiger partial charge is 0.254 e. The summed E-state index contributed by atoms with van der Waals surface area (Å²) in [6.45, 7) is 0.617. The van der Waals surface area contributed by atoms with Crippen LogP contribution in [-0.4, -0.2) is 31.6 Å². The van der Waals surface area contributed by atoms with E-state index >= 15 is 0 Å². The van der Waals surface area contributed by atoms with Crippen LogP contribution in [0.5, 0.6) is 23.0 Å². The Hall–Kier alpha value is -3.77. The summed E-state index contributed by atoms with van der Waals surface area (Å²) in [6, 6.07) is 24.9. The number of amides is 1. The minimum Gasteiger partial charge on any atom is -0.493 e. The van der Waals surface area contributed by atoms with Crippen LogP contribution in [0, 0.1) is 0 Å². The first-order valence-corrected chi connectivity index (χ1v) is 12.0. The van der Waals surface area contributed by atoms with E-state index < -0.39 is 0 Å². The number of para-hydroxylation sites is 1. The summed E-state index contributed by atoms with van der Waals surface area (Å²) < 4.78 is 17.0. The van der Waals surface area contributed by atoms with Crippen molar-refractivity contribution in [2.75, 3.05) is 20.8 Å². The lowest BCUT2D eigenvalue weighted by molar-refractivity contribution is 0.0697. The highest BCUT2D eigenvalue weighted by atomic mass is 32.1. The van der Waals surface area contributed by atoms with Gasteiger partial charge in [-0.25, -0.2) is 0 Å². The van der Waals surface area contributed by atoms with E-state index in [0.717, 1.165) is 22.6 Å². The molecule has 0 radical (unpaired) electrons. The summed E-state index contributed by atoms with van der Waals surface area (Å²) in [6.07, 6.45) is 0.749. The highest BCUT2D eigenvalue weighted by Crippen LogP contribution is 2.42. The Morgan fingerprint density at radius 1 is 0.882 bits per heavy atom. The zero-order chi connectivity index (χ0) is 23.5. The summed E-state index contributed by atoms with van der Waals surface area (Å²) in [4.78, 5) is 16.8. The summed E-state index contributed by atoms with van der Waals surface area (Å²) >= 11 is 1.65. The molecule has 6 heteroatoms. The summed E-state index contributed by atoms with van der Waals surface area (Å²) in [5.41, 5.74) is 2.88. The zero-order valence-electron chi connectivity index (χ0n) is 19.1. The van der Waals surface area contributed by atoms with Crippen LogP contribution in [0.3, 0.4) is 0 Å². The lowest BCUT2D eigenvalue weighted by Gasteiger charge is -2.37. The third kappa shape index (κ3) is 4.24. The first-order valence-electron chi connectivity index (χ1n) is 11.1. The number of hydrogen-bond donors (Lipinski definition) is 0. The fraction of sp³-hybridized carbons (Fsp3) is 0.179. The topological polar surface area (TPSA) is 48.0 Å². The van der Waals surface area contributed by atoms with Crippen LogP contribution in [-0.2, 0) is 6.42 Å².